The van der Waals surface area contributed by atoms with Gasteiger partial charge in [-0.05, 0) is 67.2 Å². The van der Waals surface area contributed by atoms with Crippen molar-refractivity contribution >= 4 is 17.6 Å². The largest absolute Gasteiger partial charge is 0.349 e. The number of aromatic nitrogens is 1. The highest BCUT2D eigenvalue weighted by Crippen LogP contribution is 2.33. The summed E-state index contributed by atoms with van der Waals surface area (Å²) in [6.45, 7) is 4.81. The van der Waals surface area contributed by atoms with E-state index in [0.29, 0.717) is 31.2 Å². The Balaban J connectivity index is 1.60. The van der Waals surface area contributed by atoms with Gasteiger partial charge in [0.1, 0.15) is 6.04 Å². The molecule has 1 aromatic carbocycles. The van der Waals surface area contributed by atoms with Crippen LogP contribution in [-0.2, 0) is 27.2 Å². The molecule has 176 valence electrons. The summed E-state index contributed by atoms with van der Waals surface area (Å²) < 4.78 is 0. The van der Waals surface area contributed by atoms with Gasteiger partial charge in [-0.15, -0.1) is 0 Å². The molecule has 3 rings (SSSR count). The topological polar surface area (TPSA) is 88.2 Å². The van der Waals surface area contributed by atoms with Crippen LogP contribution in [0, 0.1) is 17.8 Å². The van der Waals surface area contributed by atoms with Gasteiger partial charge in [0.25, 0.3) is 5.91 Å². The van der Waals surface area contributed by atoms with Crippen molar-refractivity contribution < 1.29 is 14.4 Å². The van der Waals surface area contributed by atoms with Crippen LogP contribution in [0.4, 0.5) is 0 Å². The standard InChI is InChI=1S/C27H35N3O3/c1-19(2)22-8-10-23(11-9-22)26(32)30-24(18-21-6-4-3-5-7-21)25(31)27(33)29-17-14-20-12-15-28-16-13-20/h3-7,12-13,15-16,19,22-24H,8-11,14,17-18H2,1-2H3,(H,29,33)(H,30,32). The van der Waals surface area contributed by atoms with Crippen molar-refractivity contribution in [2.45, 2.75) is 58.4 Å². The van der Waals surface area contributed by atoms with Gasteiger partial charge in [0.2, 0.25) is 11.7 Å². The fraction of sp³-hybridized carbons (Fsp3) is 0.481. The minimum atomic E-state index is -0.872. The van der Waals surface area contributed by atoms with Gasteiger partial charge >= 0.3 is 0 Å². The molecule has 1 heterocycles. The van der Waals surface area contributed by atoms with Gasteiger partial charge in [-0.3, -0.25) is 19.4 Å². The normalized spacial score (nSPS) is 19.0. The maximum atomic E-state index is 13.0. The number of carbonyl (C=O) groups is 3. The van der Waals surface area contributed by atoms with E-state index in [-0.39, 0.29) is 11.8 Å². The van der Waals surface area contributed by atoms with Gasteiger partial charge in [0, 0.05) is 31.3 Å². The summed E-state index contributed by atoms with van der Waals surface area (Å²) >= 11 is 0. The van der Waals surface area contributed by atoms with Crippen molar-refractivity contribution in [3.05, 3.63) is 66.0 Å². The number of carbonyl (C=O) groups excluding carboxylic acids is 3. The highest BCUT2D eigenvalue weighted by Gasteiger charge is 2.32. The molecule has 2 amide bonds. The highest BCUT2D eigenvalue weighted by molar-refractivity contribution is 6.38. The van der Waals surface area contributed by atoms with E-state index < -0.39 is 17.7 Å². The molecular weight excluding hydrogens is 414 g/mol. The summed E-state index contributed by atoms with van der Waals surface area (Å²) in [6, 6.07) is 12.4. The third-order valence-electron chi connectivity index (χ3n) is 6.67. The Labute approximate surface area is 196 Å². The quantitative estimate of drug-likeness (QED) is 0.544. The molecule has 1 saturated carbocycles. The second kappa shape index (κ2) is 12.3. The van der Waals surface area contributed by atoms with Crippen LogP contribution in [0.25, 0.3) is 0 Å². The monoisotopic (exact) mass is 449 g/mol. The number of ketones is 1. The van der Waals surface area contributed by atoms with E-state index in [1.54, 1.807) is 12.4 Å². The Morgan fingerprint density at radius 3 is 2.24 bits per heavy atom. The zero-order valence-electron chi connectivity index (χ0n) is 19.6. The number of hydrogen-bond acceptors (Lipinski definition) is 4. The second-order valence-electron chi connectivity index (χ2n) is 9.33. The fourth-order valence-electron chi connectivity index (χ4n) is 4.51. The Morgan fingerprint density at radius 2 is 1.61 bits per heavy atom. The Morgan fingerprint density at radius 1 is 0.939 bits per heavy atom. The second-order valence-corrected chi connectivity index (χ2v) is 9.33. The van der Waals surface area contributed by atoms with Crippen molar-refractivity contribution in [2.75, 3.05) is 6.54 Å². The molecule has 1 aromatic heterocycles. The lowest BCUT2D eigenvalue weighted by atomic mass is 9.76. The van der Waals surface area contributed by atoms with Crippen LogP contribution in [0.3, 0.4) is 0 Å². The molecule has 2 N–H and O–H groups in total. The first-order valence-electron chi connectivity index (χ1n) is 12.0. The molecule has 1 aliphatic rings. The van der Waals surface area contributed by atoms with Gasteiger partial charge in [0.15, 0.2) is 0 Å². The number of benzene rings is 1. The first kappa shape index (κ1) is 24.6. The van der Waals surface area contributed by atoms with Crippen molar-refractivity contribution in [3.63, 3.8) is 0 Å². The third kappa shape index (κ3) is 7.52. The molecular formula is C27H35N3O3. The number of nitrogens with one attached hydrogen (secondary N) is 2. The van der Waals surface area contributed by atoms with Gasteiger partial charge in [0.05, 0.1) is 0 Å². The fourth-order valence-corrected chi connectivity index (χ4v) is 4.51. The summed E-state index contributed by atoms with van der Waals surface area (Å²) in [5.41, 5.74) is 1.94. The molecule has 1 aliphatic carbocycles. The number of amides is 2. The molecule has 0 saturated heterocycles. The molecule has 1 unspecified atom stereocenters. The van der Waals surface area contributed by atoms with Gasteiger partial charge < -0.3 is 10.6 Å². The first-order chi connectivity index (χ1) is 15.9. The van der Waals surface area contributed by atoms with Crippen LogP contribution in [0.2, 0.25) is 0 Å². The first-order valence-corrected chi connectivity index (χ1v) is 12.0. The Kier molecular flexibility index (Phi) is 9.16. The predicted molar refractivity (Wildman–Crippen MR) is 128 cm³/mol. The average molecular weight is 450 g/mol. The summed E-state index contributed by atoms with van der Waals surface area (Å²) in [4.78, 5) is 42.6. The lowest BCUT2D eigenvalue weighted by Crippen LogP contribution is -2.50. The van der Waals surface area contributed by atoms with Gasteiger partial charge in [-0.1, -0.05) is 44.2 Å². The zero-order valence-corrected chi connectivity index (χ0v) is 19.6. The van der Waals surface area contributed by atoms with E-state index in [2.05, 4.69) is 29.5 Å². The molecule has 6 heteroatoms. The van der Waals surface area contributed by atoms with Crippen molar-refractivity contribution in [1.82, 2.24) is 15.6 Å². The minimum Gasteiger partial charge on any atom is -0.349 e. The molecule has 33 heavy (non-hydrogen) atoms. The van der Waals surface area contributed by atoms with E-state index in [1.807, 2.05) is 42.5 Å². The number of hydrogen-bond donors (Lipinski definition) is 2. The molecule has 1 atom stereocenters. The molecule has 1 fully saturated rings. The van der Waals surface area contributed by atoms with E-state index >= 15 is 0 Å². The predicted octanol–water partition coefficient (Wildman–Crippen LogP) is 3.50. The van der Waals surface area contributed by atoms with Gasteiger partial charge in [-0.2, -0.15) is 0 Å². The molecule has 2 aromatic rings. The maximum absolute atomic E-state index is 13.0. The zero-order chi connectivity index (χ0) is 23.6. The van der Waals surface area contributed by atoms with Crippen LogP contribution in [0.15, 0.2) is 54.9 Å². The van der Waals surface area contributed by atoms with Crippen molar-refractivity contribution in [1.29, 1.82) is 0 Å². The SMILES string of the molecule is CC(C)C1CCC(C(=O)NC(Cc2ccccc2)C(=O)C(=O)NCCc2ccncc2)CC1. The number of pyridine rings is 1. The van der Waals surface area contributed by atoms with E-state index in [0.717, 1.165) is 36.8 Å². The van der Waals surface area contributed by atoms with Gasteiger partial charge in [-0.25, -0.2) is 0 Å². The highest BCUT2D eigenvalue weighted by atomic mass is 16.2. The molecule has 6 nitrogen and oxygen atoms in total. The average Bonchev–Trinajstić information content (AvgIpc) is 2.84. The maximum Gasteiger partial charge on any atom is 0.289 e. The number of rotatable bonds is 10. The molecule has 0 bridgehead atoms. The number of Topliss-reactive ketones (excluding diaryl/α,β-unsaturated/α-hetero) is 1. The van der Waals surface area contributed by atoms with Crippen molar-refractivity contribution in [2.24, 2.45) is 17.8 Å². The van der Waals surface area contributed by atoms with Crippen molar-refractivity contribution in [3.8, 4) is 0 Å². The molecule has 0 radical (unpaired) electrons. The molecule has 0 aliphatic heterocycles. The summed E-state index contributed by atoms with van der Waals surface area (Å²) in [5.74, 6) is -0.192. The van der Waals surface area contributed by atoms with Crippen LogP contribution in [0.5, 0.6) is 0 Å². The van der Waals surface area contributed by atoms with E-state index in [4.69, 9.17) is 0 Å². The third-order valence-corrected chi connectivity index (χ3v) is 6.67. The summed E-state index contributed by atoms with van der Waals surface area (Å²) in [5, 5.41) is 5.62. The smallest absolute Gasteiger partial charge is 0.289 e. The summed E-state index contributed by atoms with van der Waals surface area (Å²) in [7, 11) is 0. The minimum absolute atomic E-state index is 0.0965. The molecule has 0 spiro atoms. The van der Waals surface area contributed by atoms with Crippen LogP contribution in [0.1, 0.15) is 50.7 Å². The van der Waals surface area contributed by atoms with Crippen LogP contribution < -0.4 is 10.6 Å². The van der Waals surface area contributed by atoms with Crippen LogP contribution >= 0.6 is 0 Å². The lowest BCUT2D eigenvalue weighted by Gasteiger charge is -2.31. The lowest BCUT2D eigenvalue weighted by molar-refractivity contribution is -0.140. The van der Waals surface area contributed by atoms with E-state index in [1.165, 1.54) is 0 Å². The van der Waals surface area contributed by atoms with Crippen LogP contribution in [-0.4, -0.2) is 35.2 Å². The Bertz CT molecular complexity index is 907. The van der Waals surface area contributed by atoms with E-state index in [9.17, 15) is 14.4 Å². The summed E-state index contributed by atoms with van der Waals surface area (Å²) in [6.07, 6.45) is 8.02. The Hall–Kier alpha value is -3.02. The number of nitrogens with zero attached hydrogens (tertiary/aromatic N) is 1.